The number of hydrogen-bond donors (Lipinski definition) is 1. The highest BCUT2D eigenvalue weighted by Crippen LogP contribution is 2.42. The molecule has 0 aromatic rings. The lowest BCUT2D eigenvalue weighted by Gasteiger charge is -2.56. The van der Waals surface area contributed by atoms with Crippen LogP contribution in [-0.4, -0.2) is 38.1 Å². The molecular formula is C10H22N2O2Si. The lowest BCUT2D eigenvalue weighted by molar-refractivity contribution is -0.171. The predicted molar refractivity (Wildman–Crippen MR) is 62.8 cm³/mol. The molecule has 15 heavy (non-hydrogen) atoms. The zero-order chi connectivity index (χ0) is 12.1. The van der Waals surface area contributed by atoms with Crippen LogP contribution in [0.5, 0.6) is 0 Å². The summed E-state index contributed by atoms with van der Waals surface area (Å²) < 4.78 is 6.96. The molecule has 0 aromatic carbocycles. The van der Waals surface area contributed by atoms with Gasteiger partial charge in [0.25, 0.3) is 5.91 Å². The average molecular weight is 230 g/mol. The molecule has 0 bridgehead atoms. The van der Waals surface area contributed by atoms with Crippen molar-refractivity contribution in [2.45, 2.75) is 44.6 Å². The smallest absolute Gasteiger partial charge is 0.264 e. The zero-order valence-corrected chi connectivity index (χ0v) is 11.5. The molecule has 1 unspecified atom stereocenters. The Balaban J connectivity index is 2.84. The van der Waals surface area contributed by atoms with E-state index in [2.05, 4.69) is 33.9 Å². The van der Waals surface area contributed by atoms with E-state index in [1.54, 1.807) is 0 Å². The first-order valence-electron chi connectivity index (χ1n) is 5.22. The van der Waals surface area contributed by atoms with Gasteiger partial charge in [0.15, 0.2) is 8.24 Å². The van der Waals surface area contributed by atoms with E-state index in [1.807, 2.05) is 4.57 Å². The molecule has 1 fully saturated rings. The summed E-state index contributed by atoms with van der Waals surface area (Å²) in [6.07, 6.45) is 0. The van der Waals surface area contributed by atoms with Crippen molar-refractivity contribution >= 4 is 14.1 Å². The van der Waals surface area contributed by atoms with E-state index in [4.69, 9.17) is 10.5 Å². The molecule has 0 aliphatic carbocycles. The Morgan fingerprint density at radius 3 is 2.20 bits per heavy atom. The number of hydrogen-bond acceptors (Lipinski definition) is 3. The minimum absolute atomic E-state index is 0.0587. The van der Waals surface area contributed by atoms with Crippen LogP contribution in [0.25, 0.3) is 0 Å². The van der Waals surface area contributed by atoms with Crippen LogP contribution in [0.2, 0.25) is 18.1 Å². The number of amides is 1. The summed E-state index contributed by atoms with van der Waals surface area (Å²) in [5.41, 5.74) is 4.72. The van der Waals surface area contributed by atoms with Gasteiger partial charge in [0.1, 0.15) is 0 Å². The molecule has 2 N–H and O–H groups in total. The van der Waals surface area contributed by atoms with Crippen molar-refractivity contribution < 1.29 is 9.53 Å². The standard InChI is InChI=1S/C10H22N2O2Si/c1-9(2,3)15(5,6)12-7-10(11,14-4)8(12)13/h7,11H2,1-6H3. The second-order valence-corrected chi connectivity index (χ2v) is 11.0. The van der Waals surface area contributed by atoms with E-state index in [0.29, 0.717) is 6.54 Å². The van der Waals surface area contributed by atoms with Crippen LogP contribution in [0.4, 0.5) is 0 Å². The summed E-state index contributed by atoms with van der Waals surface area (Å²) in [7, 11) is -0.279. The Morgan fingerprint density at radius 1 is 1.47 bits per heavy atom. The van der Waals surface area contributed by atoms with Gasteiger partial charge >= 0.3 is 0 Å². The number of methoxy groups -OCH3 is 1. The van der Waals surface area contributed by atoms with Crippen molar-refractivity contribution in [3.8, 4) is 0 Å². The van der Waals surface area contributed by atoms with Gasteiger partial charge in [-0.25, -0.2) is 0 Å². The maximum absolute atomic E-state index is 11.9. The summed E-state index contributed by atoms with van der Waals surface area (Å²) in [5.74, 6) is -0.0587. The number of nitrogens with zero attached hydrogens (tertiary/aromatic N) is 1. The van der Waals surface area contributed by atoms with Gasteiger partial charge in [0, 0.05) is 7.11 Å². The SMILES string of the molecule is COC1(N)CN([Si](C)(C)C(C)(C)C)C1=O. The van der Waals surface area contributed by atoms with Crippen molar-refractivity contribution in [2.75, 3.05) is 13.7 Å². The van der Waals surface area contributed by atoms with Gasteiger partial charge < -0.3 is 9.30 Å². The zero-order valence-electron chi connectivity index (χ0n) is 10.5. The number of carbonyl (C=O) groups is 1. The minimum Gasteiger partial charge on any atom is -0.361 e. The normalized spacial score (nSPS) is 27.9. The minimum atomic E-state index is -1.77. The largest absolute Gasteiger partial charge is 0.361 e. The number of ether oxygens (including phenoxy) is 1. The van der Waals surface area contributed by atoms with Gasteiger partial charge in [0.2, 0.25) is 5.72 Å². The summed E-state index contributed by atoms with van der Waals surface area (Å²) in [6.45, 7) is 11.4. The molecule has 1 amide bonds. The van der Waals surface area contributed by atoms with Crippen molar-refractivity contribution in [3.05, 3.63) is 0 Å². The first kappa shape index (κ1) is 12.7. The Labute approximate surface area is 92.9 Å². The Morgan fingerprint density at radius 2 is 1.93 bits per heavy atom. The van der Waals surface area contributed by atoms with Crippen LogP contribution in [0.3, 0.4) is 0 Å². The van der Waals surface area contributed by atoms with E-state index in [9.17, 15) is 4.79 Å². The summed E-state index contributed by atoms with van der Waals surface area (Å²) in [4.78, 5) is 11.9. The van der Waals surface area contributed by atoms with Crippen LogP contribution in [0, 0.1) is 0 Å². The molecular weight excluding hydrogens is 208 g/mol. The molecule has 5 heteroatoms. The third-order valence-corrected chi connectivity index (χ3v) is 9.26. The topological polar surface area (TPSA) is 55.6 Å². The van der Waals surface area contributed by atoms with Crippen LogP contribution < -0.4 is 5.73 Å². The van der Waals surface area contributed by atoms with E-state index in [0.717, 1.165) is 0 Å². The second kappa shape index (κ2) is 3.30. The molecule has 1 atom stereocenters. The van der Waals surface area contributed by atoms with Crippen LogP contribution >= 0.6 is 0 Å². The number of rotatable bonds is 2. The Hall–Kier alpha value is -0.393. The predicted octanol–water partition coefficient (Wildman–Crippen LogP) is 1.14. The monoisotopic (exact) mass is 230 g/mol. The summed E-state index contributed by atoms with van der Waals surface area (Å²) >= 11 is 0. The van der Waals surface area contributed by atoms with Gasteiger partial charge in [-0.3, -0.25) is 10.5 Å². The summed E-state index contributed by atoms with van der Waals surface area (Å²) in [6, 6.07) is 0. The van der Waals surface area contributed by atoms with E-state index < -0.39 is 14.0 Å². The van der Waals surface area contributed by atoms with Crippen molar-refractivity contribution in [3.63, 3.8) is 0 Å². The fourth-order valence-electron chi connectivity index (χ4n) is 1.52. The first-order valence-corrected chi connectivity index (χ1v) is 8.17. The van der Waals surface area contributed by atoms with Gasteiger partial charge in [-0.1, -0.05) is 33.9 Å². The lowest BCUT2D eigenvalue weighted by Crippen LogP contribution is -2.79. The molecule has 1 aliphatic heterocycles. The quantitative estimate of drug-likeness (QED) is 0.439. The van der Waals surface area contributed by atoms with Gasteiger partial charge in [0.05, 0.1) is 6.54 Å². The van der Waals surface area contributed by atoms with Crippen LogP contribution in [0.15, 0.2) is 0 Å². The summed E-state index contributed by atoms with van der Waals surface area (Å²) in [5, 5.41) is 0.151. The number of nitrogens with two attached hydrogens (primary N) is 1. The molecule has 0 radical (unpaired) electrons. The highest BCUT2D eigenvalue weighted by Gasteiger charge is 2.58. The molecule has 0 saturated carbocycles. The third-order valence-electron chi connectivity index (χ3n) is 3.87. The molecule has 1 aliphatic rings. The molecule has 1 rings (SSSR count). The van der Waals surface area contributed by atoms with E-state index >= 15 is 0 Å². The fourth-order valence-corrected chi connectivity index (χ4v) is 3.66. The van der Waals surface area contributed by atoms with Gasteiger partial charge in [-0.15, -0.1) is 0 Å². The Kier molecular flexibility index (Phi) is 2.79. The number of β-lactam (4-membered cyclic amide) rings is 1. The van der Waals surface area contributed by atoms with E-state index in [-0.39, 0.29) is 10.9 Å². The molecule has 0 spiro atoms. The highest BCUT2D eigenvalue weighted by molar-refractivity contribution is 6.80. The van der Waals surface area contributed by atoms with Crippen LogP contribution in [-0.2, 0) is 9.53 Å². The number of carbonyl (C=O) groups excluding carboxylic acids is 1. The van der Waals surface area contributed by atoms with E-state index in [1.165, 1.54) is 7.11 Å². The molecule has 88 valence electrons. The van der Waals surface area contributed by atoms with Crippen molar-refractivity contribution in [1.82, 2.24) is 4.57 Å². The molecule has 4 nitrogen and oxygen atoms in total. The maximum Gasteiger partial charge on any atom is 0.264 e. The van der Waals surface area contributed by atoms with Crippen molar-refractivity contribution in [1.29, 1.82) is 0 Å². The van der Waals surface area contributed by atoms with Crippen LogP contribution in [0.1, 0.15) is 20.8 Å². The van der Waals surface area contributed by atoms with Crippen molar-refractivity contribution in [2.24, 2.45) is 5.73 Å². The van der Waals surface area contributed by atoms with Gasteiger partial charge in [-0.05, 0) is 5.04 Å². The Bertz CT molecular complexity index is 286. The molecule has 1 saturated heterocycles. The average Bonchev–Trinajstić information content (AvgIpc) is 2.10. The first-order chi connectivity index (χ1) is 6.56. The second-order valence-electron chi connectivity index (χ2n) is 5.79. The molecule has 1 heterocycles. The lowest BCUT2D eigenvalue weighted by atomic mass is 10.1. The third kappa shape index (κ3) is 1.72. The maximum atomic E-state index is 11.9. The van der Waals surface area contributed by atoms with Gasteiger partial charge in [-0.2, -0.15) is 0 Å². The molecule has 0 aromatic heterocycles. The highest BCUT2D eigenvalue weighted by atomic mass is 28.3. The fraction of sp³-hybridized carbons (Fsp3) is 0.900.